The first-order chi connectivity index (χ1) is 5.00. The molecule has 1 rings (SSSR count). The van der Waals surface area contributed by atoms with Gasteiger partial charge in [-0.05, 0) is 6.07 Å². The van der Waals surface area contributed by atoms with E-state index in [-0.39, 0.29) is 29.7 Å². The molecule has 0 unspecified atom stereocenters. The number of hydrogen-bond donors (Lipinski definition) is 0. The zero-order valence-electron chi connectivity index (χ0n) is 7.50. The maximum atomic E-state index is 12.4. The van der Waals surface area contributed by atoms with Gasteiger partial charge in [-0.1, -0.05) is 0 Å². The first kappa shape index (κ1) is 11.8. The van der Waals surface area contributed by atoms with Gasteiger partial charge in [-0.25, -0.2) is 9.37 Å². The molecule has 0 aliphatic heterocycles. The summed E-state index contributed by atoms with van der Waals surface area (Å²) < 4.78 is 13.0. The summed E-state index contributed by atoms with van der Waals surface area (Å²) in [6, 6.07) is 3.11. The number of quaternary nitrogens is 1. The van der Waals surface area contributed by atoms with Gasteiger partial charge in [-0.3, -0.25) is 4.48 Å². The van der Waals surface area contributed by atoms with E-state index in [2.05, 4.69) is 4.98 Å². The van der Waals surface area contributed by atoms with Gasteiger partial charge in [0.15, 0.2) is 0 Å². The fourth-order valence-corrected chi connectivity index (χ4v) is 0.765. The van der Waals surface area contributed by atoms with Crippen molar-refractivity contribution in [3.63, 3.8) is 0 Å². The SMILES string of the molecule is C[N+](C)(C)c1ccc(F)cn1.[Sn]. The van der Waals surface area contributed by atoms with Crippen LogP contribution in [0.5, 0.6) is 0 Å². The summed E-state index contributed by atoms with van der Waals surface area (Å²) in [4.78, 5) is 3.95. The zero-order chi connectivity index (χ0) is 8.48. The van der Waals surface area contributed by atoms with Crippen LogP contribution in [0.1, 0.15) is 0 Å². The van der Waals surface area contributed by atoms with E-state index in [9.17, 15) is 4.39 Å². The summed E-state index contributed by atoms with van der Waals surface area (Å²) in [5.41, 5.74) is 0. The summed E-state index contributed by atoms with van der Waals surface area (Å²) in [7, 11) is 5.96. The number of halogens is 1. The minimum Gasteiger partial charge on any atom is -0.282 e. The molecule has 0 fully saturated rings. The number of nitrogens with zero attached hydrogens (tertiary/aromatic N) is 2. The first-order valence-corrected chi connectivity index (χ1v) is 3.44. The smallest absolute Gasteiger partial charge is 0.227 e. The molecule has 0 saturated carbocycles. The Morgan fingerprint density at radius 2 is 1.83 bits per heavy atom. The average Bonchev–Trinajstić information content (AvgIpc) is 1.86. The Morgan fingerprint density at radius 3 is 2.17 bits per heavy atom. The predicted molar refractivity (Wildman–Crippen MR) is 49.5 cm³/mol. The van der Waals surface area contributed by atoms with Gasteiger partial charge in [0.25, 0.3) is 0 Å². The molecule has 0 saturated heterocycles. The van der Waals surface area contributed by atoms with E-state index in [4.69, 9.17) is 0 Å². The average molecular weight is 274 g/mol. The molecular formula is C8H12FN2Sn+. The normalized spacial score (nSPS) is 10.7. The van der Waals surface area contributed by atoms with Crippen LogP contribution in [0.2, 0.25) is 0 Å². The van der Waals surface area contributed by atoms with Crippen LogP contribution >= 0.6 is 0 Å². The van der Waals surface area contributed by atoms with Crippen LogP contribution in [0, 0.1) is 5.82 Å². The predicted octanol–water partition coefficient (Wildman–Crippen LogP) is 1.04. The third kappa shape index (κ3) is 3.06. The second kappa shape index (κ2) is 4.18. The van der Waals surface area contributed by atoms with Gasteiger partial charge in [0.2, 0.25) is 5.82 Å². The molecule has 64 valence electrons. The van der Waals surface area contributed by atoms with Gasteiger partial charge < -0.3 is 0 Å². The summed E-state index contributed by atoms with van der Waals surface area (Å²) >= 11 is 0. The van der Waals surface area contributed by atoms with Crippen molar-refractivity contribution in [2.24, 2.45) is 0 Å². The van der Waals surface area contributed by atoms with Crippen molar-refractivity contribution in [2.45, 2.75) is 0 Å². The van der Waals surface area contributed by atoms with Crippen LogP contribution < -0.4 is 4.48 Å². The molecule has 0 aliphatic rings. The molecule has 0 aliphatic carbocycles. The standard InChI is InChI=1S/C8H12FN2.Sn/c1-11(2,3)8-5-4-7(9)6-10-8;/h4-6H,1-3H3;/q+1;. The van der Waals surface area contributed by atoms with E-state index in [0.29, 0.717) is 4.48 Å². The Labute approximate surface area is 89.0 Å². The van der Waals surface area contributed by atoms with Gasteiger partial charge in [0.1, 0.15) is 5.82 Å². The molecule has 0 amide bonds. The summed E-state index contributed by atoms with van der Waals surface area (Å²) in [5.74, 6) is 0.564. The molecule has 12 heavy (non-hydrogen) atoms. The van der Waals surface area contributed by atoms with Crippen molar-refractivity contribution in [1.82, 2.24) is 9.47 Å². The van der Waals surface area contributed by atoms with E-state index in [0.717, 1.165) is 5.82 Å². The molecule has 0 aromatic carbocycles. The Kier molecular flexibility index (Phi) is 4.13. The van der Waals surface area contributed by atoms with Crippen molar-refractivity contribution < 1.29 is 4.39 Å². The first-order valence-electron chi connectivity index (χ1n) is 3.44. The van der Waals surface area contributed by atoms with Crippen LogP contribution in [0.3, 0.4) is 0 Å². The van der Waals surface area contributed by atoms with Gasteiger partial charge in [0.05, 0.1) is 27.3 Å². The minimum atomic E-state index is -0.290. The minimum absolute atomic E-state index is 0. The quantitative estimate of drug-likeness (QED) is 0.550. The van der Waals surface area contributed by atoms with E-state index >= 15 is 0 Å². The Bertz CT molecular complexity index is 240. The summed E-state index contributed by atoms with van der Waals surface area (Å²) in [6.45, 7) is 0. The van der Waals surface area contributed by atoms with Gasteiger partial charge in [-0.15, -0.1) is 0 Å². The topological polar surface area (TPSA) is 12.9 Å². The fraction of sp³-hybridized carbons (Fsp3) is 0.375. The molecular weight excluding hydrogens is 262 g/mol. The van der Waals surface area contributed by atoms with Gasteiger partial charge in [0, 0.05) is 30.0 Å². The van der Waals surface area contributed by atoms with E-state index < -0.39 is 0 Å². The third-order valence-electron chi connectivity index (χ3n) is 1.40. The van der Waals surface area contributed by atoms with Gasteiger partial charge >= 0.3 is 0 Å². The summed E-state index contributed by atoms with van der Waals surface area (Å²) in [5, 5.41) is 0. The molecule has 4 heteroatoms. The molecule has 1 aromatic heterocycles. The van der Waals surface area contributed by atoms with Crippen molar-refractivity contribution in [3.05, 3.63) is 24.1 Å². The van der Waals surface area contributed by atoms with E-state index in [1.54, 1.807) is 6.07 Å². The maximum Gasteiger partial charge on any atom is 0.227 e. The van der Waals surface area contributed by atoms with E-state index in [1.165, 1.54) is 12.3 Å². The largest absolute Gasteiger partial charge is 0.282 e. The second-order valence-corrected chi connectivity index (χ2v) is 3.35. The molecule has 2 nitrogen and oxygen atoms in total. The third-order valence-corrected chi connectivity index (χ3v) is 1.40. The number of rotatable bonds is 1. The van der Waals surface area contributed by atoms with Crippen LogP contribution in [0.25, 0.3) is 0 Å². The van der Waals surface area contributed by atoms with Crippen LogP contribution in [-0.2, 0) is 0 Å². The maximum absolute atomic E-state index is 12.4. The molecule has 1 aromatic rings. The molecule has 4 radical (unpaired) electrons. The van der Waals surface area contributed by atoms with Gasteiger partial charge in [-0.2, -0.15) is 0 Å². The Morgan fingerprint density at radius 1 is 1.25 bits per heavy atom. The van der Waals surface area contributed by atoms with Crippen LogP contribution in [0.15, 0.2) is 18.3 Å². The van der Waals surface area contributed by atoms with Crippen LogP contribution in [-0.4, -0.2) is 50.0 Å². The molecule has 0 N–H and O–H groups in total. The van der Waals surface area contributed by atoms with Crippen LogP contribution in [0.4, 0.5) is 10.2 Å². The zero-order valence-corrected chi connectivity index (χ0v) is 10.4. The molecule has 1 heterocycles. The van der Waals surface area contributed by atoms with E-state index in [1.807, 2.05) is 21.1 Å². The number of hydrogen-bond acceptors (Lipinski definition) is 1. The Hall–Kier alpha value is -0.161. The fourth-order valence-electron chi connectivity index (χ4n) is 0.765. The second-order valence-electron chi connectivity index (χ2n) is 3.35. The van der Waals surface area contributed by atoms with Crippen molar-refractivity contribution in [3.8, 4) is 0 Å². The number of pyridine rings is 1. The Balaban J connectivity index is 0.00000121. The van der Waals surface area contributed by atoms with Crippen molar-refractivity contribution >= 4 is 29.7 Å². The molecule has 0 spiro atoms. The molecule has 0 atom stereocenters. The molecule has 0 bridgehead atoms. The number of aromatic nitrogens is 1. The summed E-state index contributed by atoms with van der Waals surface area (Å²) in [6.07, 6.45) is 1.23. The van der Waals surface area contributed by atoms with Crippen molar-refractivity contribution in [1.29, 1.82) is 0 Å². The van der Waals surface area contributed by atoms with Crippen molar-refractivity contribution in [2.75, 3.05) is 21.1 Å². The monoisotopic (exact) mass is 275 g/mol.